The number of nitrogens with zero attached hydrogens (tertiary/aromatic N) is 6. The summed E-state index contributed by atoms with van der Waals surface area (Å²) in [4.78, 5) is 31.5. The molecule has 4 aromatic heterocycles. The molecule has 0 radical (unpaired) electrons. The van der Waals surface area contributed by atoms with Crippen LogP contribution in [0.1, 0.15) is 18.4 Å². The minimum absolute atomic E-state index is 0.245. The summed E-state index contributed by atoms with van der Waals surface area (Å²) in [6.07, 6.45) is 7.28. The fraction of sp³-hybridized carbons (Fsp3) is 0.150. The highest BCUT2D eigenvalue weighted by Gasteiger charge is 2.24. The second kappa shape index (κ2) is 6.14. The van der Waals surface area contributed by atoms with Crippen molar-refractivity contribution in [1.29, 1.82) is 0 Å². The van der Waals surface area contributed by atoms with Crippen LogP contribution in [-0.2, 0) is 0 Å². The van der Waals surface area contributed by atoms with Crippen LogP contribution in [0, 0.1) is 0 Å². The van der Waals surface area contributed by atoms with Gasteiger partial charge in [-0.1, -0.05) is 18.7 Å². The molecule has 0 amide bonds. The maximum atomic E-state index is 12.1. The number of rotatable bonds is 4. The highest BCUT2D eigenvalue weighted by molar-refractivity contribution is 5.77. The first kappa shape index (κ1) is 16.7. The second-order valence-electron chi connectivity index (χ2n) is 7.32. The smallest absolute Gasteiger partial charge is 0.273 e. The molecule has 0 aliphatic heterocycles. The molecule has 148 valence electrons. The van der Waals surface area contributed by atoms with Crippen molar-refractivity contribution >= 4 is 35.3 Å². The zero-order valence-electron chi connectivity index (χ0n) is 15.8. The van der Waals surface area contributed by atoms with E-state index >= 15 is 0 Å². The van der Waals surface area contributed by atoms with Gasteiger partial charge in [-0.15, -0.1) is 0 Å². The van der Waals surface area contributed by atoms with Crippen molar-refractivity contribution in [3.05, 3.63) is 63.5 Å². The first-order valence-electron chi connectivity index (χ1n) is 9.59. The molecular formula is C20H17N9O. The minimum atomic E-state index is -0.245. The summed E-state index contributed by atoms with van der Waals surface area (Å²) in [7, 11) is 0. The molecule has 1 aliphatic carbocycles. The van der Waals surface area contributed by atoms with Crippen LogP contribution < -0.4 is 21.7 Å². The number of aromatic amines is 2. The molecule has 0 unspecified atom stereocenters. The lowest BCUT2D eigenvalue weighted by Gasteiger charge is -2.09. The number of hydrogen-bond acceptors (Lipinski definition) is 6. The van der Waals surface area contributed by atoms with Crippen LogP contribution >= 0.6 is 0 Å². The normalized spacial score (nSPS) is 14.7. The fourth-order valence-electron chi connectivity index (χ4n) is 3.43. The average molecular weight is 399 g/mol. The maximum absolute atomic E-state index is 12.1. The van der Waals surface area contributed by atoms with Gasteiger partial charge in [-0.2, -0.15) is 19.6 Å². The van der Waals surface area contributed by atoms with Gasteiger partial charge in [0.05, 0.1) is 17.2 Å². The van der Waals surface area contributed by atoms with Gasteiger partial charge < -0.3 is 15.3 Å². The van der Waals surface area contributed by atoms with E-state index in [0.717, 1.165) is 23.9 Å². The average Bonchev–Trinajstić information content (AvgIpc) is 3.16. The molecule has 0 bridgehead atoms. The van der Waals surface area contributed by atoms with Crippen molar-refractivity contribution in [1.82, 2.24) is 39.1 Å². The molecule has 30 heavy (non-hydrogen) atoms. The van der Waals surface area contributed by atoms with E-state index < -0.39 is 0 Å². The van der Waals surface area contributed by atoms with E-state index in [-0.39, 0.29) is 5.56 Å². The molecule has 1 aliphatic rings. The number of fused-ring (bicyclic) bond motifs is 2. The largest absolute Gasteiger partial charge is 0.351 e. The Hall–Kier alpha value is -4.21. The molecule has 0 atom stereocenters. The summed E-state index contributed by atoms with van der Waals surface area (Å²) >= 11 is 0. The number of benzene rings is 1. The molecule has 1 fully saturated rings. The highest BCUT2D eigenvalue weighted by Crippen LogP contribution is 2.25. The number of H-pyrrole nitrogens is 2. The summed E-state index contributed by atoms with van der Waals surface area (Å²) in [6.45, 7) is 3.73. The molecule has 4 heterocycles. The van der Waals surface area contributed by atoms with Gasteiger partial charge in [0.2, 0.25) is 11.9 Å². The van der Waals surface area contributed by atoms with E-state index in [1.165, 1.54) is 0 Å². The van der Waals surface area contributed by atoms with E-state index in [4.69, 9.17) is 9.97 Å². The second-order valence-corrected chi connectivity index (χ2v) is 7.32. The summed E-state index contributed by atoms with van der Waals surface area (Å²) in [5, 5.41) is 8.25. The van der Waals surface area contributed by atoms with Crippen LogP contribution in [0.25, 0.3) is 35.3 Å². The third kappa shape index (κ3) is 2.69. The predicted octanol–water partition coefficient (Wildman–Crippen LogP) is 0.293. The van der Waals surface area contributed by atoms with Crippen LogP contribution in [0.2, 0.25) is 0 Å². The van der Waals surface area contributed by atoms with Gasteiger partial charge in [0.25, 0.3) is 5.56 Å². The van der Waals surface area contributed by atoms with E-state index in [2.05, 4.69) is 31.9 Å². The molecule has 5 aromatic rings. The quantitative estimate of drug-likeness (QED) is 0.399. The first-order valence-corrected chi connectivity index (χ1v) is 9.59. The van der Waals surface area contributed by atoms with Crippen molar-refractivity contribution in [2.45, 2.75) is 18.9 Å². The van der Waals surface area contributed by atoms with Gasteiger partial charge in [-0.3, -0.25) is 9.36 Å². The third-order valence-electron chi connectivity index (χ3n) is 5.06. The number of para-hydroxylation sites is 2. The standard InChI is InChI=1S/C20H17N9O/c1-11-23-15(18(30)24-11)8-12-9-22-29-17(12)26-19(27-20(29)25-13-6-7-13)28-10-21-14-4-2-3-5-16(14)28/h2-5,8-10,13,23H,1,6-7H2,(H,24,30)(H,25,26,27)/b15-8-. The zero-order valence-corrected chi connectivity index (χ0v) is 15.8. The van der Waals surface area contributed by atoms with Crippen molar-refractivity contribution in [2.24, 2.45) is 0 Å². The Morgan fingerprint density at radius 1 is 1.20 bits per heavy atom. The molecule has 10 heteroatoms. The Morgan fingerprint density at radius 3 is 2.87 bits per heavy atom. The maximum Gasteiger partial charge on any atom is 0.273 e. The minimum Gasteiger partial charge on any atom is -0.351 e. The number of hydrogen-bond donors (Lipinski definition) is 3. The summed E-state index contributed by atoms with van der Waals surface area (Å²) in [6, 6.07) is 8.20. The van der Waals surface area contributed by atoms with Crippen molar-refractivity contribution in [3.8, 4) is 5.95 Å². The van der Waals surface area contributed by atoms with Gasteiger partial charge in [-0.05, 0) is 31.1 Å². The molecule has 0 spiro atoms. The first-order chi connectivity index (χ1) is 14.7. The van der Waals surface area contributed by atoms with Crippen LogP contribution in [0.4, 0.5) is 5.95 Å². The van der Waals surface area contributed by atoms with Crippen LogP contribution in [0.15, 0.2) is 41.6 Å². The highest BCUT2D eigenvalue weighted by atomic mass is 16.1. The molecular weight excluding hydrogens is 382 g/mol. The lowest BCUT2D eigenvalue weighted by atomic mass is 10.3. The van der Waals surface area contributed by atoms with Gasteiger partial charge in [-0.25, -0.2) is 4.98 Å². The van der Waals surface area contributed by atoms with Gasteiger partial charge in [0, 0.05) is 11.6 Å². The van der Waals surface area contributed by atoms with E-state index in [1.807, 2.05) is 28.8 Å². The molecule has 6 rings (SSSR count). The predicted molar refractivity (Wildman–Crippen MR) is 112 cm³/mol. The Kier molecular flexibility index (Phi) is 3.42. The Balaban J connectivity index is 1.60. The van der Waals surface area contributed by atoms with Gasteiger partial charge in [0.15, 0.2) is 5.65 Å². The molecule has 1 saturated carbocycles. The molecule has 1 aromatic carbocycles. The number of aromatic nitrogens is 8. The SMILES string of the molecule is C=c1[nH]c(=O)/c(=C/c2cnn3c(NC4CC4)nc(-n4cnc5ccccc54)nc23)[nH]1. The number of nitrogens with one attached hydrogen (secondary N) is 3. The Bertz CT molecular complexity index is 1580. The van der Waals surface area contributed by atoms with Crippen molar-refractivity contribution in [2.75, 3.05) is 5.32 Å². The summed E-state index contributed by atoms with van der Waals surface area (Å²) in [5.74, 6) is 1.08. The van der Waals surface area contributed by atoms with Crippen molar-refractivity contribution < 1.29 is 0 Å². The van der Waals surface area contributed by atoms with Crippen LogP contribution in [0.5, 0.6) is 0 Å². The molecule has 3 N–H and O–H groups in total. The summed E-state index contributed by atoms with van der Waals surface area (Å²) in [5.41, 5.74) is 3.24. The Morgan fingerprint density at radius 2 is 2.07 bits per heavy atom. The van der Waals surface area contributed by atoms with Crippen molar-refractivity contribution in [3.63, 3.8) is 0 Å². The van der Waals surface area contributed by atoms with E-state index in [0.29, 0.717) is 40.0 Å². The topological polar surface area (TPSA) is 122 Å². The fourth-order valence-corrected chi connectivity index (χ4v) is 3.43. The number of imidazole rings is 2. The lowest BCUT2D eigenvalue weighted by molar-refractivity contribution is 0.846. The van der Waals surface area contributed by atoms with E-state index in [9.17, 15) is 4.79 Å². The monoisotopic (exact) mass is 399 g/mol. The van der Waals surface area contributed by atoms with Crippen LogP contribution in [0.3, 0.4) is 0 Å². The molecule has 10 nitrogen and oxygen atoms in total. The van der Waals surface area contributed by atoms with Gasteiger partial charge in [0.1, 0.15) is 17.2 Å². The lowest BCUT2D eigenvalue weighted by Crippen LogP contribution is -2.22. The molecule has 0 saturated heterocycles. The zero-order chi connectivity index (χ0) is 20.2. The van der Waals surface area contributed by atoms with Gasteiger partial charge >= 0.3 is 0 Å². The summed E-state index contributed by atoms with van der Waals surface area (Å²) < 4.78 is 3.51. The number of anilines is 1. The van der Waals surface area contributed by atoms with E-state index in [1.54, 1.807) is 23.1 Å². The Labute approximate surface area is 168 Å². The van der Waals surface area contributed by atoms with Crippen LogP contribution in [-0.4, -0.2) is 45.1 Å². The third-order valence-corrected chi connectivity index (χ3v) is 5.06.